The third-order valence-corrected chi connectivity index (χ3v) is 5.50. The van der Waals surface area contributed by atoms with E-state index in [1.807, 2.05) is 13.8 Å². The van der Waals surface area contributed by atoms with Crippen molar-refractivity contribution in [1.82, 2.24) is 15.5 Å². The van der Waals surface area contributed by atoms with Crippen LogP contribution in [-0.4, -0.2) is 30.3 Å². The third kappa shape index (κ3) is 6.66. The van der Waals surface area contributed by atoms with E-state index < -0.39 is 44.4 Å². The fourth-order valence-corrected chi connectivity index (χ4v) is 4.04. The van der Waals surface area contributed by atoms with Crippen LogP contribution in [0.4, 0.5) is 9.18 Å². The van der Waals surface area contributed by atoms with E-state index in [0.29, 0.717) is 6.42 Å². The maximum absolute atomic E-state index is 14.0. The summed E-state index contributed by atoms with van der Waals surface area (Å²) in [6.07, 6.45) is -0.297. The van der Waals surface area contributed by atoms with Gasteiger partial charge in [0.2, 0.25) is 15.7 Å². The molecule has 1 aromatic heterocycles. The first kappa shape index (κ1) is 24.1. The number of amides is 1. The fourth-order valence-electron chi connectivity index (χ4n) is 2.55. The van der Waals surface area contributed by atoms with Crippen molar-refractivity contribution < 1.29 is 26.8 Å². The van der Waals surface area contributed by atoms with Crippen LogP contribution in [-0.2, 0) is 20.3 Å². The van der Waals surface area contributed by atoms with Gasteiger partial charge in [-0.1, -0.05) is 36.6 Å². The van der Waals surface area contributed by atoms with E-state index in [9.17, 15) is 17.6 Å². The number of nitrogens with one attached hydrogen (secondary N) is 1. The van der Waals surface area contributed by atoms with Gasteiger partial charge in [-0.2, -0.15) is 0 Å². The Morgan fingerprint density at radius 3 is 2.53 bits per heavy atom. The highest BCUT2D eigenvalue weighted by atomic mass is 35.5. The number of sulfone groups is 1. The number of carbonyl (C=O) groups is 1. The maximum atomic E-state index is 14.0. The Bertz CT molecular complexity index is 982. The molecule has 0 saturated carbocycles. The van der Waals surface area contributed by atoms with Gasteiger partial charge in [0.1, 0.15) is 17.5 Å². The van der Waals surface area contributed by atoms with Gasteiger partial charge in [0, 0.05) is 10.6 Å². The summed E-state index contributed by atoms with van der Waals surface area (Å²) in [5, 5.41) is 9.28. The first-order valence-electron chi connectivity index (χ1n) is 9.27. The molecule has 0 radical (unpaired) electrons. The van der Waals surface area contributed by atoms with Gasteiger partial charge < -0.3 is 14.5 Å². The zero-order valence-electron chi connectivity index (χ0n) is 17.4. The quantitative estimate of drug-likeness (QED) is 0.648. The molecular formula is C19H25ClFN3O5S. The highest BCUT2D eigenvalue weighted by molar-refractivity contribution is 7.90. The van der Waals surface area contributed by atoms with Crippen molar-refractivity contribution in [3.63, 3.8) is 0 Å². The zero-order chi connectivity index (χ0) is 22.7. The van der Waals surface area contributed by atoms with Crippen molar-refractivity contribution in [2.75, 3.05) is 0 Å². The molecule has 1 N–H and O–H groups in total. The van der Waals surface area contributed by atoms with Gasteiger partial charge in [0.05, 0.1) is 5.75 Å². The average Bonchev–Trinajstić information content (AvgIpc) is 3.06. The van der Waals surface area contributed by atoms with Crippen molar-refractivity contribution in [1.29, 1.82) is 0 Å². The van der Waals surface area contributed by atoms with Gasteiger partial charge in [-0.25, -0.2) is 17.6 Å². The second kappa shape index (κ2) is 9.30. The maximum Gasteiger partial charge on any atom is 0.408 e. The molecule has 1 amide bonds. The highest BCUT2D eigenvalue weighted by Gasteiger charge is 2.30. The molecule has 8 nitrogen and oxygen atoms in total. The van der Waals surface area contributed by atoms with Crippen LogP contribution in [0.15, 0.2) is 27.8 Å². The summed E-state index contributed by atoms with van der Waals surface area (Å²) in [5.41, 5.74) is -0.904. The number of carbonyl (C=O) groups excluding carboxylic acids is 1. The largest absolute Gasteiger partial charge is 0.444 e. The van der Waals surface area contributed by atoms with Crippen LogP contribution < -0.4 is 5.32 Å². The van der Waals surface area contributed by atoms with Crippen molar-refractivity contribution in [2.45, 2.75) is 63.7 Å². The molecule has 0 fully saturated rings. The van der Waals surface area contributed by atoms with Crippen LogP contribution in [0.2, 0.25) is 5.02 Å². The first-order chi connectivity index (χ1) is 13.8. The van der Waals surface area contributed by atoms with Gasteiger partial charge in [0.25, 0.3) is 0 Å². The van der Waals surface area contributed by atoms with Crippen LogP contribution >= 0.6 is 11.6 Å². The Morgan fingerprint density at radius 2 is 1.97 bits per heavy atom. The molecule has 0 aliphatic carbocycles. The Hall–Kier alpha value is -2.20. The number of ether oxygens (including phenoxy) is 1. The molecule has 30 heavy (non-hydrogen) atoms. The Labute approximate surface area is 180 Å². The number of hydrogen-bond acceptors (Lipinski definition) is 7. The lowest BCUT2D eigenvalue weighted by molar-refractivity contribution is 0.0487. The lowest BCUT2D eigenvalue weighted by Gasteiger charge is -2.22. The summed E-state index contributed by atoms with van der Waals surface area (Å²) in [6, 6.07) is 3.11. The number of hydrogen-bond donors (Lipinski definition) is 1. The van der Waals surface area contributed by atoms with Crippen LogP contribution in [0, 0.1) is 11.7 Å². The molecule has 1 heterocycles. The number of halogens is 2. The number of aromatic nitrogens is 2. The van der Waals surface area contributed by atoms with Gasteiger partial charge in [-0.05, 0) is 45.2 Å². The van der Waals surface area contributed by atoms with Crippen LogP contribution in [0.1, 0.15) is 58.5 Å². The molecule has 1 unspecified atom stereocenters. The molecule has 0 saturated heterocycles. The van der Waals surface area contributed by atoms with Gasteiger partial charge in [-0.3, -0.25) is 0 Å². The Balaban J connectivity index is 2.26. The van der Waals surface area contributed by atoms with E-state index in [-0.39, 0.29) is 22.4 Å². The van der Waals surface area contributed by atoms with E-state index in [2.05, 4.69) is 15.5 Å². The third-order valence-electron chi connectivity index (χ3n) is 3.78. The van der Waals surface area contributed by atoms with Crippen LogP contribution in [0.5, 0.6) is 0 Å². The molecule has 0 spiro atoms. The lowest BCUT2D eigenvalue weighted by Crippen LogP contribution is -2.35. The molecule has 2 aromatic rings. The molecule has 1 aromatic carbocycles. The SMILES string of the molecule is CC(C)CC(NC(=O)OC(C)(C)C)c1nnc(S(=O)(=O)Cc2c(F)cccc2Cl)o1. The summed E-state index contributed by atoms with van der Waals surface area (Å²) in [5.74, 6) is -1.47. The van der Waals surface area contributed by atoms with Crippen molar-refractivity contribution in [3.8, 4) is 0 Å². The summed E-state index contributed by atoms with van der Waals surface area (Å²) in [4.78, 5) is 12.1. The minimum atomic E-state index is -4.17. The number of benzene rings is 1. The van der Waals surface area contributed by atoms with E-state index in [4.69, 9.17) is 20.8 Å². The molecule has 0 aliphatic heterocycles. The van der Waals surface area contributed by atoms with Crippen molar-refractivity contribution >= 4 is 27.5 Å². The molecule has 166 valence electrons. The summed E-state index contributed by atoms with van der Waals surface area (Å²) >= 11 is 5.91. The van der Waals surface area contributed by atoms with Crippen LogP contribution in [0.3, 0.4) is 0 Å². The van der Waals surface area contributed by atoms with Gasteiger partial charge >= 0.3 is 11.3 Å². The first-order valence-corrected chi connectivity index (χ1v) is 11.3. The minimum Gasteiger partial charge on any atom is -0.444 e. The number of rotatable bonds is 7. The lowest BCUT2D eigenvalue weighted by atomic mass is 10.0. The van der Waals surface area contributed by atoms with E-state index in [0.717, 1.165) is 6.07 Å². The molecule has 2 rings (SSSR count). The average molecular weight is 462 g/mol. The molecule has 11 heteroatoms. The summed E-state index contributed by atoms with van der Waals surface area (Å²) in [6.45, 7) is 8.98. The molecule has 0 aliphatic rings. The normalized spacial score (nSPS) is 13.3. The Kier molecular flexibility index (Phi) is 7.46. The van der Waals surface area contributed by atoms with Crippen molar-refractivity contribution in [2.24, 2.45) is 5.92 Å². The summed E-state index contributed by atoms with van der Waals surface area (Å²) < 4.78 is 49.8. The monoisotopic (exact) mass is 461 g/mol. The molecule has 0 bridgehead atoms. The summed E-state index contributed by atoms with van der Waals surface area (Å²) in [7, 11) is -4.17. The highest BCUT2D eigenvalue weighted by Crippen LogP contribution is 2.26. The van der Waals surface area contributed by atoms with Crippen LogP contribution in [0.25, 0.3) is 0 Å². The fraction of sp³-hybridized carbons (Fsp3) is 0.526. The van der Waals surface area contributed by atoms with Crippen molar-refractivity contribution in [3.05, 3.63) is 40.5 Å². The number of nitrogens with zero attached hydrogens (tertiary/aromatic N) is 2. The predicted molar refractivity (Wildman–Crippen MR) is 108 cm³/mol. The van der Waals surface area contributed by atoms with E-state index in [1.54, 1.807) is 20.8 Å². The smallest absolute Gasteiger partial charge is 0.408 e. The van der Waals surface area contributed by atoms with Gasteiger partial charge in [-0.15, -0.1) is 5.10 Å². The molecule has 1 atom stereocenters. The number of alkyl carbamates (subject to hydrolysis) is 1. The molecular weight excluding hydrogens is 437 g/mol. The zero-order valence-corrected chi connectivity index (χ0v) is 19.0. The minimum absolute atomic E-state index is 0.0254. The Morgan fingerprint density at radius 1 is 1.30 bits per heavy atom. The topological polar surface area (TPSA) is 111 Å². The van der Waals surface area contributed by atoms with E-state index >= 15 is 0 Å². The second-order valence-electron chi connectivity index (χ2n) is 8.19. The predicted octanol–water partition coefficient (Wildman–Crippen LogP) is 4.45. The standard InChI is InChI=1S/C19H25ClFN3O5S/c1-11(2)9-15(22-17(25)29-19(3,4)5)16-23-24-18(28-16)30(26,27)10-12-13(20)7-6-8-14(12)21/h6-8,11,15H,9-10H2,1-5H3,(H,22,25). The van der Waals surface area contributed by atoms with Gasteiger partial charge in [0.15, 0.2) is 0 Å². The second-order valence-corrected chi connectivity index (χ2v) is 10.5. The van der Waals surface area contributed by atoms with E-state index in [1.165, 1.54) is 12.1 Å².